The lowest BCUT2D eigenvalue weighted by Crippen LogP contribution is -2.51. The Morgan fingerprint density at radius 1 is 1.12 bits per heavy atom. The second-order valence-corrected chi connectivity index (χ2v) is 7.85. The Kier molecular flexibility index (Phi) is 6.29. The molecule has 1 aliphatic heterocycles. The number of carbonyl (C=O) groups excluding carboxylic acids is 1. The zero-order valence-corrected chi connectivity index (χ0v) is 19.1. The highest BCUT2D eigenvalue weighted by atomic mass is 16.5. The van der Waals surface area contributed by atoms with Crippen LogP contribution in [-0.2, 0) is 13.6 Å². The average molecular weight is 439 g/mol. The van der Waals surface area contributed by atoms with E-state index in [0.717, 1.165) is 41.6 Å². The number of aryl methyl sites for hydroxylation is 3. The molecule has 1 aliphatic rings. The van der Waals surface area contributed by atoms with Gasteiger partial charge in [-0.15, -0.1) is 0 Å². The van der Waals surface area contributed by atoms with Crippen LogP contribution in [0.3, 0.4) is 0 Å². The predicted molar refractivity (Wildman–Crippen MR) is 121 cm³/mol. The van der Waals surface area contributed by atoms with Gasteiger partial charge in [0, 0.05) is 50.7 Å². The van der Waals surface area contributed by atoms with Crippen molar-refractivity contribution in [3.63, 3.8) is 0 Å². The Labute approximate surface area is 187 Å². The molecule has 0 atom stereocenters. The molecule has 32 heavy (non-hydrogen) atoms. The Bertz CT molecular complexity index is 1060. The molecule has 10 heteroatoms. The fourth-order valence-electron chi connectivity index (χ4n) is 3.79. The van der Waals surface area contributed by atoms with Crippen LogP contribution in [0, 0.1) is 13.8 Å². The van der Waals surface area contributed by atoms with E-state index in [-0.39, 0.29) is 6.03 Å². The molecule has 1 N–H and O–H groups in total. The zero-order valence-electron chi connectivity index (χ0n) is 19.1. The first-order valence-electron chi connectivity index (χ1n) is 10.9. The molecule has 0 aliphatic carbocycles. The highest BCUT2D eigenvalue weighted by molar-refractivity contribution is 5.74. The maximum absolute atomic E-state index is 12.6. The summed E-state index contributed by atoms with van der Waals surface area (Å²) in [6.45, 7) is 9.63. The van der Waals surface area contributed by atoms with Crippen molar-refractivity contribution in [3.8, 4) is 11.4 Å². The number of amides is 2. The Morgan fingerprint density at radius 3 is 2.53 bits per heavy atom. The minimum absolute atomic E-state index is 0.0557. The van der Waals surface area contributed by atoms with E-state index in [1.54, 1.807) is 11.0 Å². The van der Waals surface area contributed by atoms with E-state index in [1.807, 2.05) is 55.6 Å². The molecule has 0 bridgehead atoms. The van der Waals surface area contributed by atoms with Crippen molar-refractivity contribution in [1.82, 2.24) is 34.8 Å². The first-order chi connectivity index (χ1) is 15.4. The third-order valence-corrected chi connectivity index (χ3v) is 5.61. The van der Waals surface area contributed by atoms with Crippen molar-refractivity contribution in [2.24, 2.45) is 7.05 Å². The van der Waals surface area contributed by atoms with E-state index >= 15 is 0 Å². The maximum atomic E-state index is 12.6. The van der Waals surface area contributed by atoms with E-state index in [4.69, 9.17) is 4.74 Å². The van der Waals surface area contributed by atoms with Gasteiger partial charge in [0.2, 0.25) is 0 Å². The molecule has 3 heterocycles. The van der Waals surface area contributed by atoms with Crippen LogP contribution in [0.15, 0.2) is 30.6 Å². The van der Waals surface area contributed by atoms with E-state index in [0.29, 0.717) is 32.1 Å². The Hall–Kier alpha value is -3.56. The quantitative estimate of drug-likeness (QED) is 0.633. The SMILES string of the molecule is CCOc1cc(N2CCN(C(=O)NCc3cc(C)n(C)n3)CC2)ccc1-n1cnc(C)n1. The van der Waals surface area contributed by atoms with Crippen molar-refractivity contribution in [1.29, 1.82) is 0 Å². The minimum Gasteiger partial charge on any atom is -0.492 e. The smallest absolute Gasteiger partial charge is 0.317 e. The summed E-state index contributed by atoms with van der Waals surface area (Å²) in [7, 11) is 1.90. The number of ether oxygens (including phenoxy) is 1. The van der Waals surface area contributed by atoms with Crippen LogP contribution in [0.4, 0.5) is 10.5 Å². The van der Waals surface area contributed by atoms with Gasteiger partial charge in [-0.25, -0.2) is 14.5 Å². The molecule has 0 spiro atoms. The lowest BCUT2D eigenvalue weighted by molar-refractivity contribution is 0.193. The molecule has 2 amide bonds. The first-order valence-corrected chi connectivity index (χ1v) is 10.9. The summed E-state index contributed by atoms with van der Waals surface area (Å²) in [5.41, 5.74) is 3.86. The highest BCUT2D eigenvalue weighted by Gasteiger charge is 2.22. The second kappa shape index (κ2) is 9.29. The van der Waals surface area contributed by atoms with Crippen LogP contribution < -0.4 is 15.0 Å². The van der Waals surface area contributed by atoms with Gasteiger partial charge in [-0.1, -0.05) is 0 Å². The largest absolute Gasteiger partial charge is 0.492 e. The minimum atomic E-state index is -0.0557. The van der Waals surface area contributed by atoms with E-state index in [1.165, 1.54) is 0 Å². The van der Waals surface area contributed by atoms with Crippen LogP contribution >= 0.6 is 0 Å². The lowest BCUT2D eigenvalue weighted by Gasteiger charge is -2.36. The third-order valence-electron chi connectivity index (χ3n) is 5.61. The number of nitrogens with zero attached hydrogens (tertiary/aromatic N) is 7. The van der Waals surface area contributed by atoms with Crippen molar-refractivity contribution in [2.75, 3.05) is 37.7 Å². The van der Waals surface area contributed by atoms with Crippen LogP contribution in [-0.4, -0.2) is 68.3 Å². The van der Waals surface area contributed by atoms with Crippen LogP contribution in [0.25, 0.3) is 5.69 Å². The Balaban J connectivity index is 1.37. The molecule has 3 aromatic rings. The van der Waals surface area contributed by atoms with Crippen molar-refractivity contribution >= 4 is 11.7 Å². The fourth-order valence-corrected chi connectivity index (χ4v) is 3.79. The number of carbonyl (C=O) groups is 1. The molecule has 1 saturated heterocycles. The second-order valence-electron chi connectivity index (χ2n) is 7.85. The number of hydrogen-bond donors (Lipinski definition) is 1. The van der Waals surface area contributed by atoms with Crippen LogP contribution in [0.2, 0.25) is 0 Å². The van der Waals surface area contributed by atoms with E-state index in [2.05, 4.69) is 31.5 Å². The number of anilines is 1. The summed E-state index contributed by atoms with van der Waals surface area (Å²) < 4.78 is 9.42. The maximum Gasteiger partial charge on any atom is 0.317 e. The summed E-state index contributed by atoms with van der Waals surface area (Å²) in [6, 6.07) is 8.03. The summed E-state index contributed by atoms with van der Waals surface area (Å²) in [5, 5.41) is 11.8. The van der Waals surface area contributed by atoms with Crippen molar-refractivity contribution in [3.05, 3.63) is 47.8 Å². The van der Waals surface area contributed by atoms with Gasteiger partial charge >= 0.3 is 6.03 Å². The Morgan fingerprint density at radius 2 is 1.91 bits per heavy atom. The zero-order chi connectivity index (χ0) is 22.7. The number of piperazine rings is 1. The van der Waals surface area contributed by atoms with Gasteiger partial charge < -0.3 is 19.9 Å². The van der Waals surface area contributed by atoms with Crippen LogP contribution in [0.5, 0.6) is 5.75 Å². The molecule has 170 valence electrons. The van der Waals surface area contributed by atoms with Gasteiger partial charge in [0.15, 0.2) is 0 Å². The molecule has 0 radical (unpaired) electrons. The summed E-state index contributed by atoms with van der Waals surface area (Å²) in [6.07, 6.45) is 1.69. The first kappa shape index (κ1) is 21.7. The summed E-state index contributed by atoms with van der Waals surface area (Å²) >= 11 is 0. The standard InChI is InChI=1S/C22H30N8O2/c1-5-32-21-13-19(6-7-20(21)30-15-24-17(3)25-30)28-8-10-29(11-9-28)22(31)23-14-18-12-16(2)27(4)26-18/h6-7,12-13,15H,5,8-11,14H2,1-4H3,(H,23,31). The molecular formula is C22H30N8O2. The molecule has 2 aromatic heterocycles. The average Bonchev–Trinajstić information content (AvgIpc) is 3.37. The lowest BCUT2D eigenvalue weighted by atomic mass is 10.2. The van der Waals surface area contributed by atoms with Gasteiger partial charge in [0.05, 0.1) is 18.8 Å². The molecular weight excluding hydrogens is 408 g/mol. The topological polar surface area (TPSA) is 93.3 Å². The molecule has 4 rings (SSSR count). The normalized spacial score (nSPS) is 14.0. The number of benzene rings is 1. The monoisotopic (exact) mass is 438 g/mol. The number of nitrogens with one attached hydrogen (secondary N) is 1. The molecule has 0 unspecified atom stereocenters. The number of urea groups is 1. The number of aromatic nitrogens is 5. The molecule has 1 fully saturated rings. The van der Waals surface area contributed by atoms with Crippen LogP contribution in [0.1, 0.15) is 24.1 Å². The predicted octanol–water partition coefficient (Wildman–Crippen LogP) is 2.05. The summed E-state index contributed by atoms with van der Waals surface area (Å²) in [4.78, 5) is 20.9. The summed E-state index contributed by atoms with van der Waals surface area (Å²) in [5.74, 6) is 1.48. The van der Waals surface area contributed by atoms with Crippen molar-refractivity contribution in [2.45, 2.75) is 27.3 Å². The van der Waals surface area contributed by atoms with Gasteiger partial charge in [-0.05, 0) is 39.0 Å². The van der Waals surface area contributed by atoms with Gasteiger partial charge in [-0.2, -0.15) is 10.2 Å². The number of hydrogen-bond acceptors (Lipinski definition) is 6. The van der Waals surface area contributed by atoms with Gasteiger partial charge in [0.1, 0.15) is 23.6 Å². The van der Waals surface area contributed by atoms with E-state index < -0.39 is 0 Å². The number of rotatable bonds is 6. The fraction of sp³-hybridized carbons (Fsp3) is 0.455. The molecule has 1 aromatic carbocycles. The van der Waals surface area contributed by atoms with Crippen molar-refractivity contribution < 1.29 is 9.53 Å². The molecule has 10 nitrogen and oxygen atoms in total. The van der Waals surface area contributed by atoms with Gasteiger partial charge in [-0.3, -0.25) is 4.68 Å². The highest BCUT2D eigenvalue weighted by Crippen LogP contribution is 2.29. The van der Waals surface area contributed by atoms with E-state index in [9.17, 15) is 4.79 Å². The third kappa shape index (κ3) is 4.68. The molecule has 0 saturated carbocycles. The van der Waals surface area contributed by atoms with Gasteiger partial charge in [0.25, 0.3) is 0 Å².